The van der Waals surface area contributed by atoms with Gasteiger partial charge in [-0.3, -0.25) is 9.79 Å². The summed E-state index contributed by atoms with van der Waals surface area (Å²) in [5, 5.41) is 4.79. The number of nitrogens with zero attached hydrogens (tertiary/aromatic N) is 1. The van der Waals surface area contributed by atoms with E-state index in [-0.39, 0.29) is 17.5 Å². The van der Waals surface area contributed by atoms with Gasteiger partial charge < -0.3 is 5.32 Å². The number of benzene rings is 2. The third-order valence-electron chi connectivity index (χ3n) is 7.83. The van der Waals surface area contributed by atoms with E-state index in [4.69, 9.17) is 0 Å². The van der Waals surface area contributed by atoms with Crippen LogP contribution in [0.1, 0.15) is 53.1 Å². The molecule has 5 nitrogen and oxygen atoms in total. The van der Waals surface area contributed by atoms with E-state index >= 15 is 4.39 Å². The fourth-order valence-corrected chi connectivity index (χ4v) is 6.50. The third-order valence-corrected chi connectivity index (χ3v) is 8.42. The van der Waals surface area contributed by atoms with Gasteiger partial charge in [-0.05, 0) is 69.3 Å². The highest BCUT2D eigenvalue weighted by Gasteiger charge is 2.35. The zero-order chi connectivity index (χ0) is 28.0. The van der Waals surface area contributed by atoms with Crippen LogP contribution in [0.15, 0.2) is 94.9 Å². The fraction of sp³-hybridized carbons (Fsp3) is 0.188. The van der Waals surface area contributed by atoms with Crippen molar-refractivity contribution >= 4 is 33.8 Å². The van der Waals surface area contributed by atoms with E-state index in [0.717, 1.165) is 33.6 Å². The van der Waals surface area contributed by atoms with Gasteiger partial charge in [0.1, 0.15) is 22.3 Å². The molecule has 1 aliphatic heterocycles. The monoisotopic (exact) mass is 556 g/mol. The second-order valence-electron chi connectivity index (χ2n) is 10.2. The predicted octanol–water partition coefficient (Wildman–Crippen LogP) is 4.21. The average Bonchev–Trinajstić information content (AvgIpc) is 3.21. The summed E-state index contributed by atoms with van der Waals surface area (Å²) in [6, 6.07) is 7.46. The van der Waals surface area contributed by atoms with Crippen LogP contribution in [0.2, 0.25) is 0 Å². The Hall–Kier alpha value is -4.17. The van der Waals surface area contributed by atoms with Gasteiger partial charge in [0.25, 0.3) is 0 Å². The largest absolute Gasteiger partial charge is 0.360 e. The minimum Gasteiger partial charge on any atom is -0.360 e. The lowest BCUT2D eigenvalue weighted by Gasteiger charge is -2.33. The van der Waals surface area contributed by atoms with Gasteiger partial charge in [-0.2, -0.15) is 0 Å². The molecular formula is C32H26F2N2O3S. The van der Waals surface area contributed by atoms with Crippen molar-refractivity contribution in [3.05, 3.63) is 129 Å². The maximum Gasteiger partial charge on any atom is 0.187 e. The van der Waals surface area contributed by atoms with Gasteiger partial charge in [0.15, 0.2) is 5.78 Å². The van der Waals surface area contributed by atoms with Crippen molar-refractivity contribution in [2.45, 2.75) is 31.6 Å². The molecule has 0 radical (unpaired) electrons. The average molecular weight is 557 g/mol. The zero-order valence-corrected chi connectivity index (χ0v) is 22.6. The molecule has 1 N–H and O–H groups in total. The molecule has 2 aromatic carbocycles. The Labute approximate surface area is 232 Å². The topological polar surface area (TPSA) is 75.6 Å². The lowest BCUT2D eigenvalue weighted by Crippen LogP contribution is -2.35. The second kappa shape index (κ2) is 10.4. The number of hydrogen-bond acceptors (Lipinski definition) is 5. The standard InChI is InChI=1S/C32H26F2N2O3S/c1-18-3-4-19(11-14-40(38)39)21-7-10-25-31-24(22-6-5-20(33)15-27(22)34)9-8-23(28-17-35-12-2-13-36-28)26(31)16-29(37)32(25)30(18)21/h2-8,10,12-13,15-18,24,36,40H,9,11,14H2,1H3. The smallest absolute Gasteiger partial charge is 0.187 e. The van der Waals surface area contributed by atoms with Gasteiger partial charge in [0.05, 0.1) is 17.6 Å². The molecule has 6 rings (SSSR count). The molecule has 202 valence electrons. The van der Waals surface area contributed by atoms with Crippen molar-refractivity contribution in [2.75, 3.05) is 5.75 Å². The first-order valence-corrected chi connectivity index (χ1v) is 14.5. The van der Waals surface area contributed by atoms with Crippen LogP contribution in [-0.4, -0.2) is 26.2 Å². The minimum atomic E-state index is -2.53. The van der Waals surface area contributed by atoms with Crippen molar-refractivity contribution in [3.63, 3.8) is 0 Å². The summed E-state index contributed by atoms with van der Waals surface area (Å²) < 4.78 is 51.7. The molecule has 4 aliphatic rings. The number of aliphatic imine (C=N–C) groups is 1. The first-order valence-electron chi connectivity index (χ1n) is 13.1. The molecule has 8 heteroatoms. The molecule has 2 atom stereocenters. The number of hydrogen-bond donors (Lipinski definition) is 2. The van der Waals surface area contributed by atoms with E-state index < -0.39 is 28.3 Å². The summed E-state index contributed by atoms with van der Waals surface area (Å²) in [7, 11) is -2.53. The Bertz CT molecular complexity index is 1850. The highest BCUT2D eigenvalue weighted by molar-refractivity contribution is 7.72. The van der Waals surface area contributed by atoms with E-state index in [0.29, 0.717) is 40.5 Å². The molecule has 0 fully saturated rings. The lowest BCUT2D eigenvalue weighted by molar-refractivity contribution is 0.104. The van der Waals surface area contributed by atoms with Crippen LogP contribution in [0.5, 0.6) is 0 Å². The van der Waals surface area contributed by atoms with E-state index in [1.54, 1.807) is 30.8 Å². The van der Waals surface area contributed by atoms with Crippen LogP contribution in [0.4, 0.5) is 8.78 Å². The lowest BCUT2D eigenvalue weighted by atomic mass is 9.71. The predicted molar refractivity (Wildman–Crippen MR) is 153 cm³/mol. The van der Waals surface area contributed by atoms with Crippen LogP contribution < -0.4 is 15.8 Å². The Morgan fingerprint density at radius 1 is 1.10 bits per heavy atom. The van der Waals surface area contributed by atoms with E-state index in [9.17, 15) is 17.6 Å². The van der Waals surface area contributed by atoms with Crippen LogP contribution in [-0.2, 0) is 10.7 Å². The number of ketones is 1. The molecule has 0 amide bonds. The molecule has 0 bridgehead atoms. The van der Waals surface area contributed by atoms with Gasteiger partial charge in [-0.1, -0.05) is 43.4 Å². The highest BCUT2D eigenvalue weighted by atomic mass is 32.2. The molecule has 3 aliphatic carbocycles. The van der Waals surface area contributed by atoms with Crippen LogP contribution >= 0.6 is 0 Å². The molecule has 0 saturated heterocycles. The van der Waals surface area contributed by atoms with Gasteiger partial charge in [-0.25, -0.2) is 17.2 Å². The molecule has 2 unspecified atom stereocenters. The molecule has 1 heterocycles. The van der Waals surface area contributed by atoms with Crippen molar-refractivity contribution in [1.29, 1.82) is 0 Å². The molecular weight excluding hydrogens is 530 g/mol. The van der Waals surface area contributed by atoms with Gasteiger partial charge in [-0.15, -0.1) is 0 Å². The van der Waals surface area contributed by atoms with E-state index in [1.165, 1.54) is 12.1 Å². The summed E-state index contributed by atoms with van der Waals surface area (Å²) in [6.07, 6.45) is 15.1. The van der Waals surface area contributed by atoms with Gasteiger partial charge in [0.2, 0.25) is 0 Å². The van der Waals surface area contributed by atoms with E-state index in [2.05, 4.69) is 10.3 Å². The van der Waals surface area contributed by atoms with Crippen LogP contribution in [0, 0.1) is 11.6 Å². The van der Waals surface area contributed by atoms with Gasteiger partial charge >= 0.3 is 0 Å². The molecule has 0 aromatic heterocycles. The van der Waals surface area contributed by atoms with Gasteiger partial charge in [0, 0.05) is 41.5 Å². The molecule has 0 saturated carbocycles. The number of carbonyl (C=O) groups is 1. The Morgan fingerprint density at radius 3 is 2.73 bits per heavy atom. The first-order chi connectivity index (χ1) is 19.3. The SMILES string of the molecule is CC1C=CC(CC[SH](=O)=O)=c2ccc3c(c21)C(=O)C=C1C(C2=CN=CC=CN2)=CCC(c2ccc(F)cc2F)C=31. The quantitative estimate of drug-likeness (QED) is 0.542. The molecule has 40 heavy (non-hydrogen) atoms. The maximum absolute atomic E-state index is 15.2. The van der Waals surface area contributed by atoms with Crippen molar-refractivity contribution in [2.24, 2.45) is 4.99 Å². The number of fused-ring (bicyclic) bond motifs is 4. The number of thiol groups is 1. The van der Waals surface area contributed by atoms with Crippen molar-refractivity contribution in [1.82, 2.24) is 5.32 Å². The van der Waals surface area contributed by atoms with Crippen molar-refractivity contribution < 1.29 is 22.0 Å². The summed E-state index contributed by atoms with van der Waals surface area (Å²) >= 11 is 0. The number of carbonyl (C=O) groups excluding carboxylic acids is 1. The molecule has 0 spiro atoms. The Morgan fingerprint density at radius 2 is 1.93 bits per heavy atom. The number of nitrogens with one attached hydrogen (secondary N) is 1. The second-order valence-corrected chi connectivity index (χ2v) is 11.3. The summed E-state index contributed by atoms with van der Waals surface area (Å²) in [5.74, 6) is -1.96. The summed E-state index contributed by atoms with van der Waals surface area (Å²) in [4.78, 5) is 18.2. The number of rotatable bonds is 5. The van der Waals surface area contributed by atoms with E-state index in [1.807, 2.05) is 37.3 Å². The first kappa shape index (κ1) is 26.1. The normalized spacial score (nSPS) is 21.2. The maximum atomic E-state index is 15.2. The van der Waals surface area contributed by atoms with Crippen molar-refractivity contribution in [3.8, 4) is 0 Å². The highest BCUT2D eigenvalue weighted by Crippen LogP contribution is 2.45. The minimum absolute atomic E-state index is 0.0222. The van der Waals surface area contributed by atoms with Crippen LogP contribution in [0.25, 0.3) is 11.1 Å². The fourth-order valence-electron chi connectivity index (χ4n) is 6.08. The Kier molecular flexibility index (Phi) is 6.80. The zero-order valence-electron chi connectivity index (χ0n) is 21.7. The summed E-state index contributed by atoms with van der Waals surface area (Å²) in [5.41, 5.74) is 5.58. The number of allylic oxidation sites excluding steroid dienone is 6. The Balaban J connectivity index is 1.65. The molecule has 2 aromatic rings. The van der Waals surface area contributed by atoms with Crippen LogP contribution in [0.3, 0.4) is 0 Å². The third kappa shape index (κ3) is 4.52. The number of halogens is 2. The summed E-state index contributed by atoms with van der Waals surface area (Å²) in [6.45, 7) is 2.01.